The minimum absolute atomic E-state index is 0.111. The average Bonchev–Trinajstić information content (AvgIpc) is 2.59. The molecule has 0 aromatic carbocycles. The van der Waals surface area contributed by atoms with Gasteiger partial charge in [-0.15, -0.1) is 0 Å². The van der Waals surface area contributed by atoms with E-state index in [2.05, 4.69) is 0 Å². The normalized spacial score (nSPS) is 35.3. The summed E-state index contributed by atoms with van der Waals surface area (Å²) >= 11 is 0. The van der Waals surface area contributed by atoms with E-state index < -0.39 is 11.5 Å². The van der Waals surface area contributed by atoms with Gasteiger partial charge in [0.15, 0.2) is 0 Å². The summed E-state index contributed by atoms with van der Waals surface area (Å²) < 4.78 is 4.82. The van der Waals surface area contributed by atoms with Gasteiger partial charge in [0.25, 0.3) is 0 Å². The van der Waals surface area contributed by atoms with Gasteiger partial charge in [0.1, 0.15) is 5.54 Å². The lowest BCUT2D eigenvalue weighted by atomic mass is 10.2. The number of methoxy groups -OCH3 is 1. The van der Waals surface area contributed by atoms with Gasteiger partial charge in [-0.05, 0) is 18.8 Å². The molecule has 0 saturated heterocycles. The number of carboxylic acid groups (broad SMARTS) is 1. The van der Waals surface area contributed by atoms with Crippen LogP contribution in [0.3, 0.4) is 0 Å². The summed E-state index contributed by atoms with van der Waals surface area (Å²) in [6, 6.07) is 0. The quantitative estimate of drug-likeness (QED) is 0.597. The maximum Gasteiger partial charge on any atom is 0.323 e. The molecular weight excluding hydrogens is 146 g/mol. The molecule has 4 heteroatoms. The van der Waals surface area contributed by atoms with Crippen molar-refractivity contribution in [1.29, 1.82) is 0 Å². The molecule has 1 fully saturated rings. The molecule has 64 valence electrons. The summed E-state index contributed by atoms with van der Waals surface area (Å²) in [5.74, 6) is -0.779. The van der Waals surface area contributed by atoms with Crippen molar-refractivity contribution in [2.24, 2.45) is 11.7 Å². The van der Waals surface area contributed by atoms with E-state index in [-0.39, 0.29) is 5.92 Å². The predicted molar refractivity (Wildman–Crippen MR) is 39.2 cm³/mol. The van der Waals surface area contributed by atoms with Crippen molar-refractivity contribution in [3.63, 3.8) is 0 Å². The summed E-state index contributed by atoms with van der Waals surface area (Å²) in [5, 5.41) is 8.62. The Balaban J connectivity index is 2.29. The summed E-state index contributed by atoms with van der Waals surface area (Å²) in [7, 11) is 1.60. The Bertz CT molecular complexity index is 171. The Kier molecular flexibility index (Phi) is 2.15. The van der Waals surface area contributed by atoms with Crippen LogP contribution in [-0.2, 0) is 9.53 Å². The van der Waals surface area contributed by atoms with Crippen molar-refractivity contribution in [3.8, 4) is 0 Å². The molecule has 0 aromatic heterocycles. The summed E-state index contributed by atoms with van der Waals surface area (Å²) in [4.78, 5) is 10.5. The maximum absolute atomic E-state index is 10.5. The van der Waals surface area contributed by atoms with E-state index in [1.165, 1.54) is 0 Å². The van der Waals surface area contributed by atoms with Crippen LogP contribution in [0.15, 0.2) is 0 Å². The van der Waals surface area contributed by atoms with E-state index in [0.29, 0.717) is 13.0 Å². The lowest BCUT2D eigenvalue weighted by Crippen LogP contribution is -2.35. The number of hydrogen-bond acceptors (Lipinski definition) is 3. The zero-order valence-electron chi connectivity index (χ0n) is 6.54. The maximum atomic E-state index is 10.5. The van der Waals surface area contributed by atoms with Crippen LogP contribution in [0.2, 0.25) is 0 Å². The van der Waals surface area contributed by atoms with Crippen LogP contribution in [-0.4, -0.2) is 30.3 Å². The molecule has 0 radical (unpaired) electrons. The zero-order chi connectivity index (χ0) is 8.48. The summed E-state index contributed by atoms with van der Waals surface area (Å²) in [5.41, 5.74) is 4.57. The third-order valence-corrected chi connectivity index (χ3v) is 2.22. The number of carbonyl (C=O) groups is 1. The second kappa shape index (κ2) is 2.79. The van der Waals surface area contributed by atoms with Crippen LogP contribution in [0.4, 0.5) is 0 Å². The van der Waals surface area contributed by atoms with Gasteiger partial charge >= 0.3 is 5.97 Å². The summed E-state index contributed by atoms with van der Waals surface area (Å²) in [6.07, 6.45) is 1.34. The third kappa shape index (κ3) is 1.52. The zero-order valence-corrected chi connectivity index (χ0v) is 6.54. The molecule has 0 bridgehead atoms. The van der Waals surface area contributed by atoms with E-state index in [0.717, 1.165) is 6.42 Å². The second-order valence-electron chi connectivity index (χ2n) is 3.03. The van der Waals surface area contributed by atoms with Crippen LogP contribution in [0.25, 0.3) is 0 Å². The minimum atomic E-state index is -0.946. The van der Waals surface area contributed by atoms with Crippen molar-refractivity contribution >= 4 is 5.97 Å². The van der Waals surface area contributed by atoms with Gasteiger partial charge in [0.05, 0.1) is 0 Å². The van der Waals surface area contributed by atoms with Crippen LogP contribution in [0, 0.1) is 5.92 Å². The Morgan fingerprint density at radius 1 is 1.91 bits per heavy atom. The third-order valence-electron chi connectivity index (χ3n) is 2.22. The molecule has 0 unspecified atom stereocenters. The molecule has 0 amide bonds. The largest absolute Gasteiger partial charge is 0.480 e. The molecular formula is C7H13NO3. The Labute approximate surface area is 65.3 Å². The molecule has 0 heterocycles. The fraction of sp³-hybridized carbons (Fsp3) is 0.857. The lowest BCUT2D eigenvalue weighted by Gasteiger charge is -2.03. The number of aliphatic carboxylic acids is 1. The molecule has 2 atom stereocenters. The van der Waals surface area contributed by atoms with Crippen molar-refractivity contribution in [2.75, 3.05) is 13.7 Å². The van der Waals surface area contributed by atoms with Crippen LogP contribution >= 0.6 is 0 Å². The number of carboxylic acids is 1. The minimum Gasteiger partial charge on any atom is -0.480 e. The molecule has 11 heavy (non-hydrogen) atoms. The van der Waals surface area contributed by atoms with Gasteiger partial charge in [0, 0.05) is 13.7 Å². The molecule has 4 nitrogen and oxygen atoms in total. The average molecular weight is 159 g/mol. The second-order valence-corrected chi connectivity index (χ2v) is 3.03. The first-order valence-corrected chi connectivity index (χ1v) is 3.62. The molecule has 0 spiro atoms. The van der Waals surface area contributed by atoms with E-state index >= 15 is 0 Å². The fourth-order valence-corrected chi connectivity index (χ4v) is 1.23. The van der Waals surface area contributed by atoms with Crippen LogP contribution in [0.5, 0.6) is 0 Å². The van der Waals surface area contributed by atoms with Gasteiger partial charge in [-0.25, -0.2) is 0 Å². The van der Waals surface area contributed by atoms with Crippen LogP contribution < -0.4 is 5.73 Å². The number of hydrogen-bond donors (Lipinski definition) is 2. The van der Waals surface area contributed by atoms with E-state index in [1.54, 1.807) is 7.11 Å². The number of ether oxygens (including phenoxy) is 1. The molecule has 1 saturated carbocycles. The molecule has 3 N–H and O–H groups in total. The highest BCUT2D eigenvalue weighted by Crippen LogP contribution is 2.43. The van der Waals surface area contributed by atoms with Crippen molar-refractivity contribution in [2.45, 2.75) is 18.4 Å². The first kappa shape index (κ1) is 8.49. The van der Waals surface area contributed by atoms with E-state index in [9.17, 15) is 4.79 Å². The highest BCUT2D eigenvalue weighted by atomic mass is 16.5. The lowest BCUT2D eigenvalue weighted by molar-refractivity contribution is -0.140. The highest BCUT2D eigenvalue weighted by Gasteiger charge is 2.56. The first-order chi connectivity index (χ1) is 5.11. The van der Waals surface area contributed by atoms with Gasteiger partial charge in [0.2, 0.25) is 0 Å². The van der Waals surface area contributed by atoms with Gasteiger partial charge < -0.3 is 15.6 Å². The standard InChI is InChI=1S/C7H13NO3/c1-11-3-2-5-4-7(5,8)6(9)10/h5H,2-4,8H2,1H3,(H,9,10)/t5-,7+/m1/s1. The number of nitrogens with two attached hydrogens (primary N) is 1. The Morgan fingerprint density at radius 3 is 2.91 bits per heavy atom. The first-order valence-electron chi connectivity index (χ1n) is 3.62. The molecule has 1 rings (SSSR count). The SMILES string of the molecule is COCC[C@@H]1C[C@@]1(N)C(=O)O. The molecule has 0 aromatic rings. The fourth-order valence-electron chi connectivity index (χ4n) is 1.23. The highest BCUT2D eigenvalue weighted by molar-refractivity contribution is 5.82. The van der Waals surface area contributed by atoms with E-state index in [4.69, 9.17) is 15.6 Å². The molecule has 1 aliphatic carbocycles. The predicted octanol–water partition coefficient (Wildman–Crippen LogP) is -0.175. The molecule has 1 aliphatic rings. The monoisotopic (exact) mass is 159 g/mol. The van der Waals surface area contributed by atoms with Crippen molar-refractivity contribution < 1.29 is 14.6 Å². The van der Waals surface area contributed by atoms with Crippen molar-refractivity contribution in [1.82, 2.24) is 0 Å². The van der Waals surface area contributed by atoms with Gasteiger partial charge in [-0.2, -0.15) is 0 Å². The van der Waals surface area contributed by atoms with Crippen LogP contribution in [0.1, 0.15) is 12.8 Å². The van der Waals surface area contributed by atoms with Gasteiger partial charge in [-0.3, -0.25) is 4.79 Å². The Hall–Kier alpha value is -0.610. The smallest absolute Gasteiger partial charge is 0.323 e. The van der Waals surface area contributed by atoms with Gasteiger partial charge in [-0.1, -0.05) is 0 Å². The Morgan fingerprint density at radius 2 is 2.55 bits per heavy atom. The van der Waals surface area contributed by atoms with Crippen molar-refractivity contribution in [3.05, 3.63) is 0 Å². The number of rotatable bonds is 4. The van der Waals surface area contributed by atoms with E-state index in [1.807, 2.05) is 0 Å². The summed E-state index contributed by atoms with van der Waals surface area (Å²) in [6.45, 7) is 0.594. The molecule has 0 aliphatic heterocycles. The topological polar surface area (TPSA) is 72.5 Å².